The number of nitrogens with one attached hydrogen (secondary N) is 1. The van der Waals surface area contributed by atoms with E-state index in [1.165, 1.54) is 19.1 Å². The number of ether oxygens (including phenoxy) is 2. The fourth-order valence-electron chi connectivity index (χ4n) is 1.73. The molecule has 0 fully saturated rings. The van der Waals surface area contributed by atoms with Crippen LogP contribution in [-0.2, 0) is 4.79 Å². The number of carbonyl (C=O) groups excluding carboxylic acids is 1. The summed E-state index contributed by atoms with van der Waals surface area (Å²) in [4.78, 5) is 10.8. The second kappa shape index (κ2) is 5.64. The number of amides is 1. The molecule has 3 N–H and O–H groups in total. The third kappa shape index (κ3) is 3.09. The number of rotatable bonds is 4. The standard InChI is InChI=1S/C12H14ClNO5/c1-6(15)14-4-9(16)12(17)7-2-10-11(3-8(7)13)19-5-18-10/h2-3,9,12,16-17H,4-5H2,1H3,(H,14,15). The van der Waals surface area contributed by atoms with Gasteiger partial charge in [0.05, 0.1) is 5.02 Å². The van der Waals surface area contributed by atoms with Crippen LogP contribution >= 0.6 is 11.6 Å². The molecule has 2 unspecified atom stereocenters. The van der Waals surface area contributed by atoms with Crippen LogP contribution in [0.4, 0.5) is 0 Å². The van der Waals surface area contributed by atoms with Gasteiger partial charge in [0.15, 0.2) is 11.5 Å². The molecule has 0 spiro atoms. The third-order valence-corrected chi connectivity index (χ3v) is 3.06. The summed E-state index contributed by atoms with van der Waals surface area (Å²) in [5.74, 6) is 0.672. The topological polar surface area (TPSA) is 88.0 Å². The summed E-state index contributed by atoms with van der Waals surface area (Å²) in [5.41, 5.74) is 0.323. The normalized spacial score (nSPS) is 16.0. The quantitative estimate of drug-likeness (QED) is 0.755. The maximum Gasteiger partial charge on any atom is 0.231 e. The Morgan fingerprint density at radius 2 is 2.05 bits per heavy atom. The lowest BCUT2D eigenvalue weighted by Crippen LogP contribution is -2.34. The summed E-state index contributed by atoms with van der Waals surface area (Å²) >= 11 is 6.02. The van der Waals surface area contributed by atoms with Gasteiger partial charge in [0, 0.05) is 25.1 Å². The molecule has 1 aromatic carbocycles. The van der Waals surface area contributed by atoms with Gasteiger partial charge in [0.1, 0.15) is 12.2 Å². The van der Waals surface area contributed by atoms with E-state index in [9.17, 15) is 15.0 Å². The van der Waals surface area contributed by atoms with Crippen molar-refractivity contribution in [2.24, 2.45) is 0 Å². The zero-order chi connectivity index (χ0) is 14.0. The SMILES string of the molecule is CC(=O)NCC(O)C(O)c1cc2c(cc1Cl)OCO2. The number of halogens is 1. The summed E-state index contributed by atoms with van der Waals surface area (Å²) in [7, 11) is 0. The third-order valence-electron chi connectivity index (χ3n) is 2.74. The van der Waals surface area contributed by atoms with Crippen molar-refractivity contribution in [1.82, 2.24) is 5.32 Å². The van der Waals surface area contributed by atoms with Crippen molar-refractivity contribution in [2.75, 3.05) is 13.3 Å². The number of fused-ring (bicyclic) bond motifs is 1. The van der Waals surface area contributed by atoms with Gasteiger partial charge in [0.2, 0.25) is 12.7 Å². The molecule has 1 aromatic rings. The minimum absolute atomic E-state index is 0.0682. The van der Waals surface area contributed by atoms with Crippen molar-refractivity contribution in [3.63, 3.8) is 0 Å². The first kappa shape index (κ1) is 13.9. The molecule has 2 atom stereocenters. The van der Waals surface area contributed by atoms with Crippen LogP contribution in [0.1, 0.15) is 18.6 Å². The molecule has 0 bridgehead atoms. The summed E-state index contributed by atoms with van der Waals surface area (Å²) in [6, 6.07) is 3.04. The highest BCUT2D eigenvalue weighted by Gasteiger charge is 2.25. The minimum atomic E-state index is -1.23. The van der Waals surface area contributed by atoms with Crippen molar-refractivity contribution in [2.45, 2.75) is 19.1 Å². The summed E-state index contributed by atoms with van der Waals surface area (Å²) in [6.45, 7) is 1.35. The van der Waals surface area contributed by atoms with Gasteiger partial charge in [0.25, 0.3) is 0 Å². The lowest BCUT2D eigenvalue weighted by molar-refractivity contribution is -0.119. The van der Waals surface area contributed by atoms with Gasteiger partial charge < -0.3 is 25.0 Å². The van der Waals surface area contributed by atoms with Crippen LogP contribution in [0.2, 0.25) is 5.02 Å². The number of aliphatic hydroxyl groups excluding tert-OH is 2. The molecule has 104 valence electrons. The lowest BCUT2D eigenvalue weighted by Gasteiger charge is -2.19. The molecule has 0 aliphatic carbocycles. The lowest BCUT2D eigenvalue weighted by atomic mass is 10.0. The largest absolute Gasteiger partial charge is 0.454 e. The summed E-state index contributed by atoms with van der Waals surface area (Å²) in [6.07, 6.45) is -2.39. The van der Waals surface area contributed by atoms with E-state index in [0.29, 0.717) is 17.1 Å². The van der Waals surface area contributed by atoms with Crippen LogP contribution in [0.3, 0.4) is 0 Å². The Bertz CT molecular complexity index is 493. The van der Waals surface area contributed by atoms with Crippen molar-refractivity contribution in [3.8, 4) is 11.5 Å². The fraction of sp³-hybridized carbons (Fsp3) is 0.417. The van der Waals surface area contributed by atoms with Crippen LogP contribution in [0, 0.1) is 0 Å². The summed E-state index contributed by atoms with van der Waals surface area (Å²) in [5, 5.41) is 22.5. The number of hydrogen-bond donors (Lipinski definition) is 3. The van der Waals surface area contributed by atoms with E-state index in [4.69, 9.17) is 21.1 Å². The van der Waals surface area contributed by atoms with Crippen LogP contribution < -0.4 is 14.8 Å². The molecule has 0 aromatic heterocycles. The van der Waals surface area contributed by atoms with Gasteiger partial charge in [-0.3, -0.25) is 4.79 Å². The van der Waals surface area contributed by atoms with Gasteiger partial charge in [-0.15, -0.1) is 0 Å². The van der Waals surface area contributed by atoms with Gasteiger partial charge in [-0.05, 0) is 6.07 Å². The van der Waals surface area contributed by atoms with Crippen molar-refractivity contribution in [3.05, 3.63) is 22.7 Å². The molecular weight excluding hydrogens is 274 g/mol. The second-order valence-corrected chi connectivity index (χ2v) is 4.58. The maximum atomic E-state index is 10.8. The number of benzene rings is 1. The van der Waals surface area contributed by atoms with Crippen LogP contribution in [0.15, 0.2) is 12.1 Å². The van der Waals surface area contributed by atoms with Crippen LogP contribution in [-0.4, -0.2) is 35.6 Å². The molecule has 1 aliphatic heterocycles. The highest BCUT2D eigenvalue weighted by molar-refractivity contribution is 6.31. The van der Waals surface area contributed by atoms with Gasteiger partial charge in [-0.25, -0.2) is 0 Å². The van der Waals surface area contributed by atoms with Gasteiger partial charge >= 0.3 is 0 Å². The average molecular weight is 288 g/mol. The predicted molar refractivity (Wildman–Crippen MR) is 67.2 cm³/mol. The summed E-state index contributed by atoms with van der Waals surface area (Å²) < 4.78 is 10.3. The smallest absolute Gasteiger partial charge is 0.231 e. The average Bonchev–Trinajstić information content (AvgIpc) is 2.80. The highest BCUT2D eigenvalue weighted by Crippen LogP contribution is 2.39. The minimum Gasteiger partial charge on any atom is -0.454 e. The van der Waals surface area contributed by atoms with Crippen LogP contribution in [0.5, 0.6) is 11.5 Å². The molecule has 1 heterocycles. The molecule has 6 nitrogen and oxygen atoms in total. The van der Waals surface area contributed by atoms with E-state index in [1.54, 1.807) is 0 Å². The molecular formula is C12H14ClNO5. The number of carbonyl (C=O) groups is 1. The van der Waals surface area contributed by atoms with E-state index in [1.807, 2.05) is 0 Å². The Labute approximate surface area is 114 Å². The van der Waals surface area contributed by atoms with Crippen molar-refractivity contribution >= 4 is 17.5 Å². The molecule has 1 amide bonds. The Balaban J connectivity index is 2.14. The molecule has 19 heavy (non-hydrogen) atoms. The van der Waals surface area contributed by atoms with Crippen LogP contribution in [0.25, 0.3) is 0 Å². The first-order valence-electron chi connectivity index (χ1n) is 5.68. The fourth-order valence-corrected chi connectivity index (χ4v) is 1.99. The van der Waals surface area contributed by atoms with E-state index in [-0.39, 0.29) is 24.3 Å². The van der Waals surface area contributed by atoms with E-state index >= 15 is 0 Å². The van der Waals surface area contributed by atoms with E-state index < -0.39 is 12.2 Å². The highest BCUT2D eigenvalue weighted by atomic mass is 35.5. The van der Waals surface area contributed by atoms with Crippen molar-refractivity contribution in [1.29, 1.82) is 0 Å². The Kier molecular flexibility index (Phi) is 4.14. The molecule has 0 radical (unpaired) electrons. The predicted octanol–water partition coefficient (Wildman–Crippen LogP) is 0.599. The Hall–Kier alpha value is -1.50. The maximum absolute atomic E-state index is 10.8. The second-order valence-electron chi connectivity index (χ2n) is 4.18. The number of aliphatic hydroxyl groups is 2. The Morgan fingerprint density at radius 1 is 1.42 bits per heavy atom. The van der Waals surface area contributed by atoms with E-state index in [0.717, 1.165) is 0 Å². The number of hydrogen-bond acceptors (Lipinski definition) is 5. The molecule has 7 heteroatoms. The zero-order valence-corrected chi connectivity index (χ0v) is 11.0. The van der Waals surface area contributed by atoms with Crippen molar-refractivity contribution < 1.29 is 24.5 Å². The monoisotopic (exact) mass is 287 g/mol. The molecule has 1 aliphatic rings. The van der Waals surface area contributed by atoms with E-state index in [2.05, 4.69) is 5.32 Å². The molecule has 0 saturated carbocycles. The first-order valence-corrected chi connectivity index (χ1v) is 6.06. The van der Waals surface area contributed by atoms with Gasteiger partial charge in [-0.1, -0.05) is 11.6 Å². The Morgan fingerprint density at radius 3 is 2.68 bits per heavy atom. The first-order chi connectivity index (χ1) is 8.99. The zero-order valence-electron chi connectivity index (χ0n) is 10.2. The molecule has 0 saturated heterocycles. The van der Waals surface area contributed by atoms with Gasteiger partial charge in [-0.2, -0.15) is 0 Å². The molecule has 2 rings (SSSR count).